The van der Waals surface area contributed by atoms with Crippen molar-refractivity contribution in [1.29, 1.82) is 0 Å². The summed E-state index contributed by atoms with van der Waals surface area (Å²) in [5, 5.41) is 12.1. The molecule has 0 aromatic heterocycles. The minimum Gasteiger partial charge on any atom is -0.508 e. The van der Waals surface area contributed by atoms with Gasteiger partial charge < -0.3 is 15.2 Å². The van der Waals surface area contributed by atoms with E-state index < -0.39 is 0 Å². The van der Waals surface area contributed by atoms with Crippen molar-refractivity contribution in [2.45, 2.75) is 6.92 Å². The summed E-state index contributed by atoms with van der Waals surface area (Å²) in [4.78, 5) is 0. The van der Waals surface area contributed by atoms with Gasteiger partial charge in [-0.1, -0.05) is 0 Å². The zero-order valence-electron chi connectivity index (χ0n) is 7.29. The Kier molecular flexibility index (Phi) is 2.80. The van der Waals surface area contributed by atoms with Gasteiger partial charge in [-0.25, -0.2) is 0 Å². The number of ether oxygens (including phenoxy) is 1. The summed E-state index contributed by atoms with van der Waals surface area (Å²) in [5.74, 6) is 1.00. The van der Waals surface area contributed by atoms with Crippen LogP contribution >= 0.6 is 0 Å². The number of phenols is 1. The lowest BCUT2D eigenvalue weighted by atomic mass is 10.3. The highest BCUT2D eigenvalue weighted by molar-refractivity contribution is 5.59. The fraction of sp³-hybridized carbons (Fsp3) is 0.333. The molecule has 0 fully saturated rings. The number of benzene rings is 1. The van der Waals surface area contributed by atoms with E-state index in [1.807, 2.05) is 6.92 Å². The van der Waals surface area contributed by atoms with Gasteiger partial charge >= 0.3 is 0 Å². The highest BCUT2D eigenvalue weighted by Gasteiger charge is 2.01. The zero-order chi connectivity index (χ0) is 8.97. The lowest BCUT2D eigenvalue weighted by Gasteiger charge is -2.09. The predicted octanol–water partition coefficient (Wildman–Crippen LogP) is 1.83. The van der Waals surface area contributed by atoms with Crippen LogP contribution in [0.4, 0.5) is 5.69 Å². The molecule has 3 heteroatoms. The van der Waals surface area contributed by atoms with E-state index in [1.54, 1.807) is 25.2 Å². The minimum atomic E-state index is 0.239. The van der Waals surface area contributed by atoms with Crippen LogP contribution in [0, 0.1) is 0 Å². The maximum Gasteiger partial charge on any atom is 0.142 e. The van der Waals surface area contributed by atoms with Gasteiger partial charge in [0.1, 0.15) is 11.5 Å². The molecule has 1 rings (SSSR count). The molecule has 66 valence electrons. The molecule has 0 amide bonds. The number of aromatic hydroxyl groups is 1. The van der Waals surface area contributed by atoms with E-state index in [2.05, 4.69) is 5.32 Å². The van der Waals surface area contributed by atoms with E-state index >= 15 is 0 Å². The lowest BCUT2D eigenvalue weighted by Crippen LogP contribution is -1.96. The third kappa shape index (κ3) is 1.81. The first-order chi connectivity index (χ1) is 5.77. The molecule has 0 unspecified atom stereocenters. The molecule has 1 aromatic rings. The van der Waals surface area contributed by atoms with Crippen molar-refractivity contribution < 1.29 is 9.84 Å². The molecule has 0 spiro atoms. The van der Waals surface area contributed by atoms with E-state index in [4.69, 9.17) is 9.84 Å². The topological polar surface area (TPSA) is 41.5 Å². The number of rotatable bonds is 3. The number of nitrogens with one attached hydrogen (secondary N) is 1. The second kappa shape index (κ2) is 3.85. The van der Waals surface area contributed by atoms with Crippen LogP contribution in [0.2, 0.25) is 0 Å². The molecule has 0 atom stereocenters. The normalized spacial score (nSPS) is 9.50. The van der Waals surface area contributed by atoms with Gasteiger partial charge in [0, 0.05) is 13.1 Å². The van der Waals surface area contributed by atoms with Gasteiger partial charge in [-0.3, -0.25) is 0 Å². The van der Waals surface area contributed by atoms with Gasteiger partial charge in [0.2, 0.25) is 0 Å². The summed E-state index contributed by atoms with van der Waals surface area (Å²) in [6, 6.07) is 4.97. The Labute approximate surface area is 72.0 Å². The van der Waals surface area contributed by atoms with E-state index in [0.717, 1.165) is 11.4 Å². The van der Waals surface area contributed by atoms with E-state index in [1.165, 1.54) is 0 Å². The summed E-state index contributed by atoms with van der Waals surface area (Å²) in [6.07, 6.45) is 0. The van der Waals surface area contributed by atoms with E-state index in [9.17, 15) is 0 Å². The molecular weight excluding hydrogens is 154 g/mol. The van der Waals surface area contributed by atoms with Crippen LogP contribution < -0.4 is 10.1 Å². The Hall–Kier alpha value is -1.38. The van der Waals surface area contributed by atoms with Crippen LogP contribution in [0.25, 0.3) is 0 Å². The fourth-order valence-corrected chi connectivity index (χ4v) is 0.995. The SMILES string of the molecule is CCOc1ccc(O)cc1NC. The van der Waals surface area contributed by atoms with Crippen LogP contribution in [0.5, 0.6) is 11.5 Å². The largest absolute Gasteiger partial charge is 0.508 e. The van der Waals surface area contributed by atoms with Gasteiger partial charge in [-0.05, 0) is 19.1 Å². The van der Waals surface area contributed by atoms with Crippen LogP contribution in [-0.4, -0.2) is 18.8 Å². The quantitative estimate of drug-likeness (QED) is 0.721. The molecular formula is C9H13NO2. The molecule has 0 aliphatic heterocycles. The highest BCUT2D eigenvalue weighted by Crippen LogP contribution is 2.27. The third-order valence-corrected chi connectivity index (χ3v) is 1.53. The Bertz CT molecular complexity index is 261. The summed E-state index contributed by atoms with van der Waals surface area (Å²) < 4.78 is 5.31. The van der Waals surface area contributed by atoms with Gasteiger partial charge in [0.05, 0.1) is 12.3 Å². The van der Waals surface area contributed by atoms with Crippen molar-refractivity contribution >= 4 is 5.69 Å². The smallest absolute Gasteiger partial charge is 0.142 e. The first-order valence-corrected chi connectivity index (χ1v) is 3.91. The molecule has 0 radical (unpaired) electrons. The maximum absolute atomic E-state index is 9.14. The van der Waals surface area contributed by atoms with E-state index in [0.29, 0.717) is 6.61 Å². The molecule has 1 aromatic carbocycles. The maximum atomic E-state index is 9.14. The van der Waals surface area contributed by atoms with Gasteiger partial charge in [0.15, 0.2) is 0 Å². The Morgan fingerprint density at radius 3 is 2.83 bits per heavy atom. The zero-order valence-corrected chi connectivity index (χ0v) is 7.29. The Morgan fingerprint density at radius 1 is 1.50 bits per heavy atom. The number of hydrogen-bond donors (Lipinski definition) is 2. The monoisotopic (exact) mass is 167 g/mol. The second-order valence-corrected chi connectivity index (χ2v) is 2.36. The van der Waals surface area contributed by atoms with Crippen molar-refractivity contribution in [3.05, 3.63) is 18.2 Å². The lowest BCUT2D eigenvalue weighted by molar-refractivity contribution is 0.341. The first-order valence-electron chi connectivity index (χ1n) is 3.91. The molecule has 0 heterocycles. The number of anilines is 1. The third-order valence-electron chi connectivity index (χ3n) is 1.53. The van der Waals surface area contributed by atoms with Crippen LogP contribution in [0.3, 0.4) is 0 Å². The predicted molar refractivity (Wildman–Crippen MR) is 48.8 cm³/mol. The summed E-state index contributed by atoms with van der Waals surface area (Å²) in [7, 11) is 1.79. The molecule has 0 saturated heterocycles. The highest BCUT2D eigenvalue weighted by atomic mass is 16.5. The Morgan fingerprint density at radius 2 is 2.25 bits per heavy atom. The average Bonchev–Trinajstić information content (AvgIpc) is 2.08. The Balaban J connectivity index is 2.94. The standard InChI is InChI=1S/C9H13NO2/c1-3-12-9-5-4-7(11)6-8(9)10-2/h4-6,10-11H,3H2,1-2H3. The van der Waals surface area contributed by atoms with Crippen LogP contribution in [-0.2, 0) is 0 Å². The van der Waals surface area contributed by atoms with E-state index in [-0.39, 0.29) is 5.75 Å². The van der Waals surface area contributed by atoms with Crippen molar-refractivity contribution in [3.63, 3.8) is 0 Å². The van der Waals surface area contributed by atoms with Crippen molar-refractivity contribution in [1.82, 2.24) is 0 Å². The van der Waals surface area contributed by atoms with Gasteiger partial charge in [-0.15, -0.1) is 0 Å². The van der Waals surface area contributed by atoms with Gasteiger partial charge in [0.25, 0.3) is 0 Å². The molecule has 12 heavy (non-hydrogen) atoms. The summed E-state index contributed by atoms with van der Waals surface area (Å²) in [6.45, 7) is 2.55. The van der Waals surface area contributed by atoms with Crippen LogP contribution in [0.15, 0.2) is 18.2 Å². The summed E-state index contributed by atoms with van der Waals surface area (Å²) >= 11 is 0. The van der Waals surface area contributed by atoms with Crippen LogP contribution in [0.1, 0.15) is 6.92 Å². The first kappa shape index (κ1) is 8.71. The number of phenolic OH excluding ortho intramolecular Hbond substituents is 1. The molecule has 0 saturated carbocycles. The van der Waals surface area contributed by atoms with Crippen molar-refractivity contribution in [2.75, 3.05) is 19.0 Å². The molecule has 0 aliphatic carbocycles. The number of hydrogen-bond acceptors (Lipinski definition) is 3. The van der Waals surface area contributed by atoms with Crippen molar-refractivity contribution in [2.24, 2.45) is 0 Å². The fourth-order valence-electron chi connectivity index (χ4n) is 0.995. The average molecular weight is 167 g/mol. The summed E-state index contributed by atoms with van der Waals surface area (Å²) in [5.41, 5.74) is 0.803. The molecule has 0 aliphatic rings. The molecule has 3 nitrogen and oxygen atoms in total. The van der Waals surface area contributed by atoms with Gasteiger partial charge in [-0.2, -0.15) is 0 Å². The molecule has 0 bridgehead atoms. The van der Waals surface area contributed by atoms with Crippen molar-refractivity contribution in [3.8, 4) is 11.5 Å². The molecule has 2 N–H and O–H groups in total. The minimum absolute atomic E-state index is 0.239. The second-order valence-electron chi connectivity index (χ2n) is 2.36.